The lowest BCUT2D eigenvalue weighted by atomic mass is 10.1. The van der Waals surface area contributed by atoms with Crippen LogP contribution in [0.3, 0.4) is 0 Å². The summed E-state index contributed by atoms with van der Waals surface area (Å²) in [5, 5.41) is 16.9. The van der Waals surface area contributed by atoms with Crippen molar-refractivity contribution in [1.82, 2.24) is 19.7 Å². The van der Waals surface area contributed by atoms with E-state index in [0.717, 1.165) is 29.0 Å². The molecule has 0 aliphatic rings. The zero-order valence-corrected chi connectivity index (χ0v) is 20.5. The van der Waals surface area contributed by atoms with E-state index >= 15 is 0 Å². The summed E-state index contributed by atoms with van der Waals surface area (Å²) in [4.78, 5) is 21.5. The summed E-state index contributed by atoms with van der Waals surface area (Å²) in [6, 6.07) is 5.38. The van der Waals surface area contributed by atoms with Gasteiger partial charge in [-0.15, -0.1) is 0 Å². The standard InChI is InChI=1S/C20H25N7O.2C2H6/c1-5-15(22-3)17-10-27-11-18(24-9-19(27)25-17)26-20(28)13-6-7-14(12(2)21)16(8-13)23-4;2*1-2/h6-11,15,21-23H,5H2,1-4H3,(H,26,28);2*1-2H3. The number of carbonyl (C=O) groups is 1. The summed E-state index contributed by atoms with van der Waals surface area (Å²) in [5.74, 6) is 0.178. The summed E-state index contributed by atoms with van der Waals surface area (Å²) >= 11 is 0. The number of nitrogens with one attached hydrogen (secondary N) is 4. The molecule has 0 aliphatic heterocycles. The quantitative estimate of drug-likeness (QED) is 0.382. The number of rotatable bonds is 7. The van der Waals surface area contributed by atoms with Gasteiger partial charge in [0.05, 0.1) is 24.1 Å². The second-order valence-electron chi connectivity index (χ2n) is 6.54. The second kappa shape index (κ2) is 13.2. The van der Waals surface area contributed by atoms with Crippen LogP contribution < -0.4 is 16.0 Å². The third kappa shape index (κ3) is 6.37. The van der Waals surface area contributed by atoms with E-state index in [9.17, 15) is 4.79 Å². The highest BCUT2D eigenvalue weighted by molar-refractivity contribution is 6.07. The molecule has 0 bridgehead atoms. The summed E-state index contributed by atoms with van der Waals surface area (Å²) in [7, 11) is 3.68. The number of carbonyl (C=O) groups excluding carboxylic acids is 1. The highest BCUT2D eigenvalue weighted by atomic mass is 16.1. The van der Waals surface area contributed by atoms with E-state index in [1.54, 1.807) is 44.6 Å². The Hall–Kier alpha value is -3.26. The van der Waals surface area contributed by atoms with Crippen LogP contribution in [0.15, 0.2) is 36.8 Å². The molecule has 1 unspecified atom stereocenters. The van der Waals surface area contributed by atoms with Crippen molar-refractivity contribution in [2.75, 3.05) is 24.7 Å². The Bertz CT molecular complexity index is 1020. The first kappa shape index (κ1) is 26.8. The second-order valence-corrected chi connectivity index (χ2v) is 6.54. The fourth-order valence-corrected chi connectivity index (χ4v) is 3.12. The van der Waals surface area contributed by atoms with Crippen molar-refractivity contribution in [3.05, 3.63) is 53.6 Å². The molecule has 3 aromatic rings. The third-order valence-electron chi connectivity index (χ3n) is 4.67. The van der Waals surface area contributed by atoms with E-state index in [1.807, 2.05) is 45.3 Å². The van der Waals surface area contributed by atoms with E-state index in [-0.39, 0.29) is 11.9 Å². The summed E-state index contributed by atoms with van der Waals surface area (Å²) in [5.41, 5.74) is 4.09. The average molecular weight is 440 g/mol. The van der Waals surface area contributed by atoms with E-state index < -0.39 is 0 Å². The van der Waals surface area contributed by atoms with Crippen molar-refractivity contribution in [2.45, 2.75) is 54.0 Å². The molecule has 8 heteroatoms. The Morgan fingerprint density at radius 3 is 2.41 bits per heavy atom. The summed E-state index contributed by atoms with van der Waals surface area (Å²) in [6.07, 6.45) is 6.26. The van der Waals surface area contributed by atoms with E-state index in [4.69, 9.17) is 5.41 Å². The first-order valence-corrected chi connectivity index (χ1v) is 11.2. The number of aromatic nitrogens is 3. The van der Waals surface area contributed by atoms with Crippen molar-refractivity contribution in [3.8, 4) is 0 Å². The minimum Gasteiger partial charge on any atom is -0.388 e. The highest BCUT2D eigenvalue weighted by Crippen LogP contribution is 2.20. The highest BCUT2D eigenvalue weighted by Gasteiger charge is 2.14. The molecule has 1 aromatic carbocycles. The molecule has 0 saturated heterocycles. The maximum Gasteiger partial charge on any atom is 0.256 e. The third-order valence-corrected chi connectivity index (χ3v) is 4.67. The van der Waals surface area contributed by atoms with Crippen LogP contribution in [0.5, 0.6) is 0 Å². The van der Waals surface area contributed by atoms with Gasteiger partial charge in [-0.1, -0.05) is 40.7 Å². The van der Waals surface area contributed by atoms with Gasteiger partial charge in [0.1, 0.15) is 5.82 Å². The Morgan fingerprint density at radius 2 is 1.84 bits per heavy atom. The topological polar surface area (TPSA) is 107 Å². The number of fused-ring (bicyclic) bond motifs is 1. The molecular formula is C24H37N7O. The van der Waals surface area contributed by atoms with Crippen LogP contribution in [0.2, 0.25) is 0 Å². The van der Waals surface area contributed by atoms with Gasteiger partial charge in [-0.05, 0) is 32.5 Å². The molecule has 8 nitrogen and oxygen atoms in total. The van der Waals surface area contributed by atoms with Crippen LogP contribution in [0.4, 0.5) is 11.5 Å². The first-order chi connectivity index (χ1) is 15.5. The fraction of sp³-hybridized carbons (Fsp3) is 0.417. The summed E-state index contributed by atoms with van der Waals surface area (Å²) < 4.78 is 1.86. The molecule has 2 heterocycles. The Labute approximate surface area is 191 Å². The number of imidazole rings is 1. The molecule has 0 saturated carbocycles. The van der Waals surface area contributed by atoms with E-state index in [2.05, 4.69) is 32.8 Å². The molecule has 1 atom stereocenters. The van der Waals surface area contributed by atoms with Crippen LogP contribution in [0, 0.1) is 5.41 Å². The van der Waals surface area contributed by atoms with Gasteiger partial charge in [0.15, 0.2) is 5.65 Å². The largest absolute Gasteiger partial charge is 0.388 e. The minimum atomic E-state index is -0.264. The van der Waals surface area contributed by atoms with Crippen LogP contribution in [0.1, 0.15) is 75.6 Å². The number of nitrogens with zero attached hydrogens (tertiary/aromatic N) is 3. The van der Waals surface area contributed by atoms with Crippen molar-refractivity contribution < 1.29 is 4.79 Å². The lowest BCUT2D eigenvalue weighted by molar-refractivity contribution is 0.102. The maximum atomic E-state index is 12.6. The van der Waals surface area contributed by atoms with Crippen molar-refractivity contribution in [3.63, 3.8) is 0 Å². The normalized spacial score (nSPS) is 10.9. The van der Waals surface area contributed by atoms with E-state index in [1.165, 1.54) is 0 Å². The molecule has 1 amide bonds. The van der Waals surface area contributed by atoms with Gasteiger partial charge in [0.25, 0.3) is 5.91 Å². The van der Waals surface area contributed by atoms with Crippen molar-refractivity contribution in [2.24, 2.45) is 0 Å². The zero-order valence-electron chi connectivity index (χ0n) is 20.5. The number of amides is 1. The molecule has 0 aliphatic carbocycles. The number of hydrogen-bond acceptors (Lipinski definition) is 6. The van der Waals surface area contributed by atoms with Gasteiger partial charge >= 0.3 is 0 Å². The predicted molar refractivity (Wildman–Crippen MR) is 134 cm³/mol. The van der Waals surface area contributed by atoms with Gasteiger partial charge < -0.3 is 25.8 Å². The molecule has 0 fully saturated rings. The zero-order chi connectivity index (χ0) is 24.3. The van der Waals surface area contributed by atoms with Crippen LogP contribution in [-0.2, 0) is 0 Å². The molecule has 0 spiro atoms. The number of hydrogen-bond donors (Lipinski definition) is 4. The molecular weight excluding hydrogens is 402 g/mol. The number of benzene rings is 1. The minimum absolute atomic E-state index is 0.175. The maximum absolute atomic E-state index is 12.6. The lowest BCUT2D eigenvalue weighted by Gasteiger charge is -2.11. The molecule has 32 heavy (non-hydrogen) atoms. The smallest absolute Gasteiger partial charge is 0.256 e. The molecule has 3 rings (SSSR count). The average Bonchev–Trinajstić information content (AvgIpc) is 3.25. The molecule has 2 aromatic heterocycles. The number of anilines is 2. The first-order valence-electron chi connectivity index (χ1n) is 11.2. The van der Waals surface area contributed by atoms with Gasteiger partial charge in [0, 0.05) is 35.8 Å². The molecule has 174 valence electrons. The SMILES string of the molecule is CC.CC.CCC(NC)c1cn2cc(NC(=O)c3ccc(C(C)=N)c(NC)c3)ncc2n1. The van der Waals surface area contributed by atoms with Crippen LogP contribution in [0.25, 0.3) is 5.65 Å². The van der Waals surface area contributed by atoms with Gasteiger partial charge in [-0.3, -0.25) is 4.79 Å². The van der Waals surface area contributed by atoms with Crippen LogP contribution >= 0.6 is 0 Å². The Balaban J connectivity index is 0.00000121. The lowest BCUT2D eigenvalue weighted by Crippen LogP contribution is -2.15. The molecule has 0 radical (unpaired) electrons. The van der Waals surface area contributed by atoms with Crippen LogP contribution in [-0.4, -0.2) is 40.1 Å². The van der Waals surface area contributed by atoms with Gasteiger partial charge in [0.2, 0.25) is 0 Å². The fourth-order valence-electron chi connectivity index (χ4n) is 3.12. The van der Waals surface area contributed by atoms with E-state index in [0.29, 0.717) is 17.1 Å². The monoisotopic (exact) mass is 439 g/mol. The predicted octanol–water partition coefficient (Wildman–Crippen LogP) is 5.13. The Morgan fingerprint density at radius 1 is 1.16 bits per heavy atom. The van der Waals surface area contributed by atoms with Crippen molar-refractivity contribution >= 4 is 28.8 Å². The van der Waals surface area contributed by atoms with Gasteiger partial charge in [-0.2, -0.15) is 0 Å². The molecule has 4 N–H and O–H groups in total. The Kier molecular flexibility index (Phi) is 11.1. The van der Waals surface area contributed by atoms with Gasteiger partial charge in [-0.25, -0.2) is 9.97 Å². The summed E-state index contributed by atoms with van der Waals surface area (Å²) in [6.45, 7) is 11.8. The van der Waals surface area contributed by atoms with Crippen molar-refractivity contribution in [1.29, 1.82) is 5.41 Å².